The molecule has 0 unspecified atom stereocenters. The van der Waals surface area contributed by atoms with E-state index >= 15 is 0 Å². The maximum atomic E-state index is 2.31. The third-order valence-electron chi connectivity index (χ3n) is 2.34. The molecule has 1 aromatic carbocycles. The predicted molar refractivity (Wildman–Crippen MR) is 66.0 cm³/mol. The first kappa shape index (κ1) is 9.47. The molecule has 0 radical (unpaired) electrons. The fourth-order valence-electron chi connectivity index (χ4n) is 1.72. The fourth-order valence-corrected chi connectivity index (χ4v) is 2.98. The van der Waals surface area contributed by atoms with Gasteiger partial charge in [-0.1, -0.05) is 37.3 Å². The molecular formula is C13H14S. The Bertz CT molecular complexity index is 546. The average molecular weight is 202 g/mol. The van der Waals surface area contributed by atoms with E-state index in [1.165, 1.54) is 19.8 Å². The molecule has 1 aromatic heterocycles. The molecular weight excluding hydrogens is 188 g/mol. The molecule has 0 aliphatic carbocycles. The van der Waals surface area contributed by atoms with Crippen molar-refractivity contribution in [1.29, 1.82) is 0 Å². The molecule has 2 rings (SSSR count). The number of fused-ring (bicyclic) bond motifs is 1. The summed E-state index contributed by atoms with van der Waals surface area (Å²) in [6, 6.07) is 8.61. The molecule has 0 saturated carbocycles. The van der Waals surface area contributed by atoms with Crippen molar-refractivity contribution in [2.45, 2.75) is 20.3 Å². The van der Waals surface area contributed by atoms with Crippen LogP contribution in [0.5, 0.6) is 0 Å². The van der Waals surface area contributed by atoms with E-state index in [9.17, 15) is 0 Å². The van der Waals surface area contributed by atoms with Crippen LogP contribution in [0.3, 0.4) is 0 Å². The summed E-state index contributed by atoms with van der Waals surface area (Å²) in [5.74, 6) is 0. The van der Waals surface area contributed by atoms with Gasteiger partial charge in [0.15, 0.2) is 0 Å². The van der Waals surface area contributed by atoms with Crippen molar-refractivity contribution >= 4 is 33.6 Å². The van der Waals surface area contributed by atoms with Crippen LogP contribution in [-0.4, -0.2) is 0 Å². The highest BCUT2D eigenvalue weighted by molar-refractivity contribution is 7.17. The van der Waals surface area contributed by atoms with E-state index < -0.39 is 0 Å². The summed E-state index contributed by atoms with van der Waals surface area (Å²) in [6.45, 7) is 4.30. The quantitative estimate of drug-likeness (QED) is 0.667. The normalized spacial score (nSPS) is 14.1. The van der Waals surface area contributed by atoms with Gasteiger partial charge in [0.05, 0.1) is 0 Å². The summed E-state index contributed by atoms with van der Waals surface area (Å²) in [5, 5.41) is 2.78. The van der Waals surface area contributed by atoms with Crippen LogP contribution in [0.15, 0.2) is 24.3 Å². The largest absolute Gasteiger partial charge is 0.136 e. The number of thiophene rings is 1. The van der Waals surface area contributed by atoms with Crippen LogP contribution in [0.2, 0.25) is 0 Å². The summed E-state index contributed by atoms with van der Waals surface area (Å²) < 4.78 is 2.80. The Balaban J connectivity index is 2.94. The molecule has 1 heterocycles. The van der Waals surface area contributed by atoms with Crippen LogP contribution < -0.4 is 9.75 Å². The van der Waals surface area contributed by atoms with Gasteiger partial charge in [-0.15, -0.1) is 11.3 Å². The van der Waals surface area contributed by atoms with E-state index in [2.05, 4.69) is 50.3 Å². The van der Waals surface area contributed by atoms with E-state index in [4.69, 9.17) is 0 Å². The topological polar surface area (TPSA) is 0 Å². The zero-order valence-corrected chi connectivity index (χ0v) is 9.40. The van der Waals surface area contributed by atoms with E-state index in [0.29, 0.717) is 0 Å². The molecule has 0 aliphatic heterocycles. The Morgan fingerprint density at radius 3 is 2.79 bits per heavy atom. The minimum Gasteiger partial charge on any atom is -0.136 e. The van der Waals surface area contributed by atoms with Crippen LogP contribution in [0.1, 0.15) is 20.3 Å². The van der Waals surface area contributed by atoms with Crippen molar-refractivity contribution in [3.05, 3.63) is 34.0 Å². The minimum atomic E-state index is 1.10. The summed E-state index contributed by atoms with van der Waals surface area (Å²) in [5.41, 5.74) is 0. The van der Waals surface area contributed by atoms with Gasteiger partial charge in [0.2, 0.25) is 0 Å². The molecule has 0 saturated heterocycles. The summed E-state index contributed by atoms with van der Waals surface area (Å²) in [7, 11) is 0. The molecule has 0 amide bonds. The average Bonchev–Trinajstić information content (AvgIpc) is 2.55. The standard InChI is InChI=1S/C13H14S/c1-3-7-12-10(4-2)11-8-5-6-9-13(11)14-12/h4-9H,3H2,1-2H3/b10-4-,12-7+. The van der Waals surface area contributed by atoms with E-state index in [0.717, 1.165) is 6.42 Å². The lowest BCUT2D eigenvalue weighted by Crippen LogP contribution is -2.17. The van der Waals surface area contributed by atoms with Gasteiger partial charge in [0.1, 0.15) is 0 Å². The van der Waals surface area contributed by atoms with Gasteiger partial charge >= 0.3 is 0 Å². The van der Waals surface area contributed by atoms with E-state index in [-0.39, 0.29) is 0 Å². The molecule has 1 heteroatoms. The van der Waals surface area contributed by atoms with Gasteiger partial charge in [-0.05, 0) is 30.0 Å². The SMILES string of the molecule is C/C=c1\c(=C/CC)sc2ccccc12. The van der Waals surface area contributed by atoms with Crippen molar-refractivity contribution in [2.75, 3.05) is 0 Å². The third-order valence-corrected chi connectivity index (χ3v) is 3.52. The second-order valence-electron chi connectivity index (χ2n) is 3.28. The Morgan fingerprint density at radius 2 is 2.07 bits per heavy atom. The fraction of sp³-hybridized carbons (Fsp3) is 0.231. The molecule has 0 atom stereocenters. The highest BCUT2D eigenvalue weighted by atomic mass is 32.1. The zero-order chi connectivity index (χ0) is 9.97. The molecule has 14 heavy (non-hydrogen) atoms. The number of rotatable bonds is 1. The number of hydrogen-bond acceptors (Lipinski definition) is 1. The van der Waals surface area contributed by atoms with Crippen molar-refractivity contribution in [3.8, 4) is 0 Å². The van der Waals surface area contributed by atoms with Crippen molar-refractivity contribution in [3.63, 3.8) is 0 Å². The molecule has 2 aromatic rings. The number of hydrogen-bond donors (Lipinski definition) is 0. The van der Waals surface area contributed by atoms with Gasteiger partial charge in [-0.3, -0.25) is 0 Å². The maximum Gasteiger partial charge on any atom is 0.0355 e. The lowest BCUT2D eigenvalue weighted by Gasteiger charge is -1.85. The first-order chi connectivity index (χ1) is 6.86. The Kier molecular flexibility index (Phi) is 2.69. The Morgan fingerprint density at radius 1 is 1.29 bits per heavy atom. The lowest BCUT2D eigenvalue weighted by atomic mass is 10.2. The second kappa shape index (κ2) is 3.97. The Hall–Kier alpha value is -1.08. The van der Waals surface area contributed by atoms with Crippen molar-refractivity contribution < 1.29 is 0 Å². The first-order valence-corrected chi connectivity index (χ1v) is 5.82. The number of benzene rings is 1. The van der Waals surface area contributed by atoms with Gasteiger partial charge in [-0.2, -0.15) is 0 Å². The summed E-state index contributed by atoms with van der Waals surface area (Å²) in [6.07, 6.45) is 5.62. The lowest BCUT2D eigenvalue weighted by molar-refractivity contribution is 1.29. The first-order valence-electron chi connectivity index (χ1n) is 5.01. The van der Waals surface area contributed by atoms with E-state index in [1.807, 2.05) is 11.3 Å². The molecule has 0 fully saturated rings. The van der Waals surface area contributed by atoms with Crippen LogP contribution in [0, 0.1) is 0 Å². The van der Waals surface area contributed by atoms with Gasteiger partial charge in [0.25, 0.3) is 0 Å². The van der Waals surface area contributed by atoms with Gasteiger partial charge in [-0.25, -0.2) is 0 Å². The molecule has 72 valence electrons. The molecule has 0 bridgehead atoms. The maximum absolute atomic E-state index is 2.31. The highest BCUT2D eigenvalue weighted by Crippen LogP contribution is 2.11. The van der Waals surface area contributed by atoms with E-state index in [1.54, 1.807) is 0 Å². The van der Waals surface area contributed by atoms with Crippen LogP contribution in [0.4, 0.5) is 0 Å². The van der Waals surface area contributed by atoms with Crippen LogP contribution in [0.25, 0.3) is 22.2 Å². The van der Waals surface area contributed by atoms with Gasteiger partial charge < -0.3 is 0 Å². The molecule has 0 aliphatic rings. The minimum absolute atomic E-state index is 1.10. The van der Waals surface area contributed by atoms with Crippen molar-refractivity contribution in [1.82, 2.24) is 0 Å². The van der Waals surface area contributed by atoms with Gasteiger partial charge in [0, 0.05) is 9.23 Å². The summed E-state index contributed by atoms with van der Waals surface area (Å²) >= 11 is 1.89. The smallest absolute Gasteiger partial charge is 0.0355 e. The van der Waals surface area contributed by atoms with Crippen LogP contribution >= 0.6 is 11.3 Å². The molecule has 0 N–H and O–H groups in total. The predicted octanol–water partition coefficient (Wildman–Crippen LogP) is 2.89. The highest BCUT2D eigenvalue weighted by Gasteiger charge is 1.97. The zero-order valence-electron chi connectivity index (χ0n) is 8.58. The monoisotopic (exact) mass is 202 g/mol. The molecule has 0 nitrogen and oxygen atoms in total. The molecule has 0 spiro atoms. The van der Waals surface area contributed by atoms with Crippen LogP contribution in [-0.2, 0) is 0 Å². The van der Waals surface area contributed by atoms with Crippen molar-refractivity contribution in [2.24, 2.45) is 0 Å². The Labute approximate surface area is 88.2 Å². The third kappa shape index (κ3) is 1.48. The summed E-state index contributed by atoms with van der Waals surface area (Å²) in [4.78, 5) is 0. The second-order valence-corrected chi connectivity index (χ2v) is 4.36.